The minimum absolute atomic E-state index is 0.198. The monoisotopic (exact) mass is 492 g/mol. The van der Waals surface area contributed by atoms with Crippen molar-refractivity contribution in [3.05, 3.63) is 0 Å². The van der Waals surface area contributed by atoms with Crippen molar-refractivity contribution in [2.45, 2.75) is 79.3 Å². The maximum absolute atomic E-state index is 11.7. The molecule has 6 nitrogen and oxygen atoms in total. The number of rotatable bonds is 0. The number of carbonyl (C=O) groups excluding carboxylic acids is 3. The van der Waals surface area contributed by atoms with Gasteiger partial charge in [0.2, 0.25) is 11.8 Å². The molecule has 0 bridgehead atoms. The SMILES string of the molecule is CC1C(=O)C2CCCC[C@H]2C1C.CC1C(=O)N2COC[C@H]2C1C.CC1C(=O)N2CSC[C@H]2C1C. The van der Waals surface area contributed by atoms with E-state index in [0.717, 1.165) is 24.2 Å². The van der Waals surface area contributed by atoms with E-state index < -0.39 is 0 Å². The lowest BCUT2D eigenvalue weighted by atomic mass is 9.78. The molecule has 6 aliphatic rings. The molecule has 7 heteroatoms. The highest BCUT2D eigenvalue weighted by Gasteiger charge is 2.47. The van der Waals surface area contributed by atoms with Gasteiger partial charge in [0.1, 0.15) is 12.5 Å². The topological polar surface area (TPSA) is 66.9 Å². The summed E-state index contributed by atoms with van der Waals surface area (Å²) in [6.45, 7) is 14.0. The van der Waals surface area contributed by atoms with E-state index in [1.165, 1.54) is 25.7 Å². The van der Waals surface area contributed by atoms with Crippen LogP contribution in [0.3, 0.4) is 0 Å². The first-order valence-corrected chi connectivity index (χ1v) is 14.6. The summed E-state index contributed by atoms with van der Waals surface area (Å²) in [6.07, 6.45) is 5.12. The first-order valence-electron chi connectivity index (χ1n) is 13.4. The molecule has 0 aromatic rings. The van der Waals surface area contributed by atoms with Crippen molar-refractivity contribution >= 4 is 29.4 Å². The molecule has 0 aromatic carbocycles. The Kier molecular flexibility index (Phi) is 8.03. The summed E-state index contributed by atoms with van der Waals surface area (Å²) in [5, 5.41) is 0. The fraction of sp³-hybridized carbons (Fsp3) is 0.889. The van der Waals surface area contributed by atoms with Crippen LogP contribution in [0, 0.1) is 47.3 Å². The predicted octanol–water partition coefficient (Wildman–Crippen LogP) is 4.28. The van der Waals surface area contributed by atoms with Gasteiger partial charge in [0.15, 0.2) is 0 Å². The highest BCUT2D eigenvalue weighted by atomic mass is 32.2. The standard InChI is InChI=1S/C11H18O.C8H13NO2.C8H13NOS/c1-7-8(2)11(12)10-6-4-3-5-9(7)10;2*1-5-6(2)8(10)9-4-11-3-7(5)9/h7-10H,3-6H2,1-2H3;2*5-7H,3-4H2,1-2H3/t7?,8?,9-,10?;2*5?,6?,7-/m000/s1. The summed E-state index contributed by atoms with van der Waals surface area (Å²) < 4.78 is 5.21. The van der Waals surface area contributed by atoms with Crippen molar-refractivity contribution < 1.29 is 19.1 Å². The van der Waals surface area contributed by atoms with E-state index in [1.807, 2.05) is 28.5 Å². The van der Waals surface area contributed by atoms with Gasteiger partial charge in [-0.2, -0.15) is 0 Å². The quantitative estimate of drug-likeness (QED) is 0.505. The van der Waals surface area contributed by atoms with Gasteiger partial charge in [-0.3, -0.25) is 14.4 Å². The zero-order valence-electron chi connectivity index (χ0n) is 21.9. The molecule has 4 aliphatic heterocycles. The molecule has 0 N–H and O–H groups in total. The molecule has 0 aromatic heterocycles. The van der Waals surface area contributed by atoms with Gasteiger partial charge in [-0.15, -0.1) is 11.8 Å². The van der Waals surface area contributed by atoms with Crippen LogP contribution in [0.1, 0.15) is 67.2 Å². The summed E-state index contributed by atoms with van der Waals surface area (Å²) >= 11 is 1.88. The van der Waals surface area contributed by atoms with E-state index in [4.69, 9.17) is 4.74 Å². The highest BCUT2D eigenvalue weighted by molar-refractivity contribution is 7.99. The summed E-state index contributed by atoms with van der Waals surface area (Å²) in [5.74, 6) is 6.95. The fourth-order valence-corrected chi connectivity index (χ4v) is 8.34. The second-order valence-corrected chi connectivity index (χ2v) is 12.7. The van der Waals surface area contributed by atoms with Gasteiger partial charge >= 0.3 is 0 Å². The number of thioether (sulfide) groups is 1. The molecule has 4 saturated heterocycles. The van der Waals surface area contributed by atoms with Gasteiger partial charge in [0.05, 0.1) is 18.5 Å². The summed E-state index contributed by atoms with van der Waals surface area (Å²) in [5.41, 5.74) is 0. The minimum Gasteiger partial charge on any atom is -0.359 e. The van der Waals surface area contributed by atoms with Crippen molar-refractivity contribution in [1.29, 1.82) is 0 Å². The Morgan fingerprint density at radius 1 is 0.765 bits per heavy atom. The lowest BCUT2D eigenvalue weighted by Crippen LogP contribution is -2.29. The summed E-state index contributed by atoms with van der Waals surface area (Å²) in [7, 11) is 0. The molecule has 2 aliphatic carbocycles. The van der Waals surface area contributed by atoms with E-state index in [-0.39, 0.29) is 17.7 Å². The van der Waals surface area contributed by atoms with E-state index in [1.54, 1.807) is 0 Å². The van der Waals surface area contributed by atoms with Crippen LogP contribution in [0.5, 0.6) is 0 Å². The second-order valence-electron chi connectivity index (χ2n) is 11.7. The Morgan fingerprint density at radius 3 is 2.00 bits per heavy atom. The number of hydrogen-bond donors (Lipinski definition) is 0. The van der Waals surface area contributed by atoms with Gasteiger partial charge in [0, 0.05) is 35.5 Å². The maximum Gasteiger partial charge on any atom is 0.227 e. The number of carbonyl (C=O) groups is 3. The first-order chi connectivity index (χ1) is 16.1. The van der Waals surface area contributed by atoms with Crippen LogP contribution in [0.15, 0.2) is 0 Å². The van der Waals surface area contributed by atoms with Crippen molar-refractivity contribution in [2.75, 3.05) is 25.0 Å². The van der Waals surface area contributed by atoms with Crippen LogP contribution >= 0.6 is 11.8 Å². The van der Waals surface area contributed by atoms with Crippen molar-refractivity contribution in [3.63, 3.8) is 0 Å². The number of fused-ring (bicyclic) bond motifs is 3. The van der Waals surface area contributed by atoms with Crippen LogP contribution < -0.4 is 0 Å². The molecule has 34 heavy (non-hydrogen) atoms. The van der Waals surface area contributed by atoms with Gasteiger partial charge < -0.3 is 14.5 Å². The molecule has 0 spiro atoms. The molecule has 10 atom stereocenters. The molecule has 4 heterocycles. The maximum atomic E-state index is 11.7. The average molecular weight is 493 g/mol. The zero-order chi connectivity index (χ0) is 24.7. The van der Waals surface area contributed by atoms with Crippen LogP contribution in [0.2, 0.25) is 0 Å². The van der Waals surface area contributed by atoms with Crippen LogP contribution in [-0.2, 0) is 19.1 Å². The summed E-state index contributed by atoms with van der Waals surface area (Å²) in [4.78, 5) is 38.6. The zero-order valence-corrected chi connectivity index (χ0v) is 22.7. The highest BCUT2D eigenvalue weighted by Crippen LogP contribution is 2.46. The van der Waals surface area contributed by atoms with Gasteiger partial charge in [-0.05, 0) is 36.5 Å². The van der Waals surface area contributed by atoms with E-state index in [9.17, 15) is 14.4 Å². The predicted molar refractivity (Wildman–Crippen MR) is 135 cm³/mol. The number of Topliss-reactive ketones (excluding diaryl/α,β-unsaturated/α-hetero) is 1. The van der Waals surface area contributed by atoms with Crippen LogP contribution in [-0.4, -0.2) is 64.4 Å². The third-order valence-corrected chi connectivity index (χ3v) is 11.1. The Morgan fingerprint density at radius 2 is 1.38 bits per heavy atom. The molecule has 6 fully saturated rings. The van der Waals surface area contributed by atoms with Crippen LogP contribution in [0.4, 0.5) is 0 Å². The molecule has 2 saturated carbocycles. The Hall–Kier alpha value is -1.08. The number of hydrogen-bond acceptors (Lipinski definition) is 5. The van der Waals surface area contributed by atoms with Crippen LogP contribution in [0.25, 0.3) is 0 Å². The fourth-order valence-electron chi connectivity index (χ4n) is 6.99. The number of amides is 2. The number of ketones is 1. The second kappa shape index (κ2) is 10.5. The number of ether oxygens (including phenoxy) is 1. The average Bonchev–Trinajstić information content (AvgIpc) is 3.64. The Balaban J connectivity index is 0.000000121. The van der Waals surface area contributed by atoms with E-state index in [0.29, 0.717) is 60.1 Å². The third kappa shape index (κ3) is 4.56. The first kappa shape index (κ1) is 26.0. The Labute approximate surface area is 209 Å². The van der Waals surface area contributed by atoms with E-state index in [2.05, 4.69) is 34.6 Å². The van der Waals surface area contributed by atoms with E-state index >= 15 is 0 Å². The molecule has 2 amide bonds. The smallest absolute Gasteiger partial charge is 0.227 e. The molecule has 6 rings (SSSR count). The van der Waals surface area contributed by atoms with Crippen molar-refractivity contribution in [1.82, 2.24) is 9.80 Å². The molecular weight excluding hydrogens is 448 g/mol. The van der Waals surface area contributed by atoms with Gasteiger partial charge in [-0.25, -0.2) is 0 Å². The van der Waals surface area contributed by atoms with Crippen molar-refractivity contribution in [3.8, 4) is 0 Å². The lowest BCUT2D eigenvalue weighted by molar-refractivity contribution is -0.132. The molecule has 7 unspecified atom stereocenters. The van der Waals surface area contributed by atoms with Crippen molar-refractivity contribution in [2.24, 2.45) is 47.3 Å². The van der Waals surface area contributed by atoms with Gasteiger partial charge in [-0.1, -0.05) is 54.4 Å². The number of nitrogens with zero attached hydrogens (tertiary/aromatic N) is 2. The summed E-state index contributed by atoms with van der Waals surface area (Å²) in [6, 6.07) is 0.903. The molecular formula is C27H44N2O4S. The lowest BCUT2D eigenvalue weighted by Gasteiger charge is -2.26. The molecule has 0 radical (unpaired) electrons. The Bertz CT molecular complexity index is 749. The molecule has 192 valence electrons. The van der Waals surface area contributed by atoms with Gasteiger partial charge in [0.25, 0.3) is 0 Å². The normalized spacial score (nSPS) is 44.8. The third-order valence-electron chi connectivity index (χ3n) is 10.1. The largest absolute Gasteiger partial charge is 0.359 e. The minimum atomic E-state index is 0.198.